The maximum atomic E-state index is 14.5. The molecular weight excluding hydrogens is 431 g/mol. The molecule has 0 aliphatic heterocycles. The number of hydrogen-bond donors (Lipinski definition) is 2. The van der Waals surface area contributed by atoms with Crippen LogP contribution in [0.1, 0.15) is 31.4 Å². The van der Waals surface area contributed by atoms with E-state index in [-0.39, 0.29) is 30.0 Å². The molecule has 0 saturated heterocycles. The van der Waals surface area contributed by atoms with Crippen molar-refractivity contribution in [2.75, 3.05) is 5.32 Å². The van der Waals surface area contributed by atoms with Gasteiger partial charge in [0.1, 0.15) is 6.54 Å². The molecule has 0 bridgehead atoms. The van der Waals surface area contributed by atoms with Crippen molar-refractivity contribution in [2.45, 2.75) is 46.4 Å². The Bertz CT molecular complexity index is 1270. The van der Waals surface area contributed by atoms with E-state index in [2.05, 4.69) is 10.3 Å². The number of hydrogen-bond acceptors (Lipinski definition) is 6. The topological polar surface area (TPSA) is 115 Å². The van der Waals surface area contributed by atoms with Crippen LogP contribution in [0.25, 0.3) is 0 Å². The summed E-state index contributed by atoms with van der Waals surface area (Å²) in [5.74, 6) is -2.02. The van der Waals surface area contributed by atoms with E-state index in [1.165, 1.54) is 18.2 Å². The number of ether oxygens (including phenoxy) is 1. The van der Waals surface area contributed by atoms with Crippen molar-refractivity contribution in [3.05, 3.63) is 80.4 Å². The monoisotopic (exact) mass is 456 g/mol. The molecule has 3 rings (SSSR count). The summed E-state index contributed by atoms with van der Waals surface area (Å²) >= 11 is 0. The molecule has 9 nitrogen and oxygen atoms in total. The fraction of sp³-hybridized carbons (Fsp3) is 0.304. The molecular formula is C23H25FN4O5. The molecule has 1 atom stereocenters. The lowest BCUT2D eigenvalue weighted by Crippen LogP contribution is -2.44. The van der Waals surface area contributed by atoms with Crippen LogP contribution >= 0.6 is 0 Å². The number of carboxylic acids is 1. The quantitative estimate of drug-likeness (QED) is 0.509. The molecule has 0 aliphatic rings. The standard InChI is InChI=1S/C23H25FN4O5/c1-4-15(3)33-19-10-9-17(11-18(19)24)25-21-26-22(31)28(13-20(29)30)23(32)27(21)12-16-7-5-14(2)6-8-16/h5-11,15H,4,12-13H2,1-3H3,(H,29,30)(H,25,26,31). The van der Waals surface area contributed by atoms with Crippen LogP contribution < -0.4 is 21.4 Å². The van der Waals surface area contributed by atoms with Crippen molar-refractivity contribution in [3.8, 4) is 5.75 Å². The number of aryl methyl sites for hydroxylation is 1. The third-order valence-electron chi connectivity index (χ3n) is 5.00. The third-order valence-corrected chi connectivity index (χ3v) is 5.00. The molecule has 33 heavy (non-hydrogen) atoms. The molecule has 0 amide bonds. The van der Waals surface area contributed by atoms with Crippen LogP contribution in [0, 0.1) is 12.7 Å². The first-order valence-corrected chi connectivity index (χ1v) is 10.4. The van der Waals surface area contributed by atoms with Gasteiger partial charge in [0.25, 0.3) is 0 Å². The Balaban J connectivity index is 2.02. The number of benzene rings is 2. The highest BCUT2D eigenvalue weighted by atomic mass is 19.1. The van der Waals surface area contributed by atoms with Crippen LogP contribution in [0.3, 0.4) is 0 Å². The van der Waals surface area contributed by atoms with Crippen LogP contribution in [0.15, 0.2) is 52.1 Å². The smallest absolute Gasteiger partial charge is 0.355 e. The third kappa shape index (κ3) is 5.85. The number of nitrogens with zero attached hydrogens (tertiary/aromatic N) is 3. The largest absolute Gasteiger partial charge is 0.488 e. The number of aromatic nitrogens is 3. The van der Waals surface area contributed by atoms with Gasteiger partial charge in [-0.25, -0.2) is 18.5 Å². The van der Waals surface area contributed by atoms with Gasteiger partial charge >= 0.3 is 17.3 Å². The van der Waals surface area contributed by atoms with E-state index in [1.54, 1.807) is 12.1 Å². The SMILES string of the molecule is CCC(C)Oc1ccc(Nc2nc(=O)n(CC(=O)O)c(=O)n2Cc2ccc(C)cc2)cc1F. The highest BCUT2D eigenvalue weighted by Gasteiger charge is 2.17. The van der Waals surface area contributed by atoms with Crippen LogP contribution in [0.5, 0.6) is 5.75 Å². The summed E-state index contributed by atoms with van der Waals surface area (Å²) < 4.78 is 21.7. The zero-order chi connectivity index (χ0) is 24.1. The highest BCUT2D eigenvalue weighted by molar-refractivity contribution is 5.66. The number of rotatable bonds is 9. The summed E-state index contributed by atoms with van der Waals surface area (Å²) in [5.41, 5.74) is 0.119. The van der Waals surface area contributed by atoms with E-state index in [1.807, 2.05) is 32.9 Å². The second kappa shape index (κ2) is 10.1. The lowest BCUT2D eigenvalue weighted by Gasteiger charge is -2.16. The van der Waals surface area contributed by atoms with Crippen LogP contribution in [-0.2, 0) is 17.9 Å². The number of nitrogens with one attached hydrogen (secondary N) is 1. The molecule has 3 aromatic rings. The fourth-order valence-corrected chi connectivity index (χ4v) is 3.02. The van der Waals surface area contributed by atoms with Gasteiger partial charge in [0.05, 0.1) is 12.6 Å². The first-order valence-electron chi connectivity index (χ1n) is 10.4. The minimum atomic E-state index is -1.35. The lowest BCUT2D eigenvalue weighted by atomic mass is 10.1. The fourth-order valence-electron chi connectivity index (χ4n) is 3.02. The van der Waals surface area contributed by atoms with Crippen molar-refractivity contribution < 1.29 is 19.0 Å². The molecule has 174 valence electrons. The maximum Gasteiger partial charge on any atom is 0.355 e. The van der Waals surface area contributed by atoms with Crippen molar-refractivity contribution in [1.82, 2.24) is 14.1 Å². The van der Waals surface area contributed by atoms with E-state index < -0.39 is 29.7 Å². The first-order chi connectivity index (χ1) is 15.7. The summed E-state index contributed by atoms with van der Waals surface area (Å²) in [4.78, 5) is 40.3. The average molecular weight is 456 g/mol. The number of carbonyl (C=O) groups is 1. The van der Waals surface area contributed by atoms with Crippen LogP contribution in [0.2, 0.25) is 0 Å². The van der Waals surface area contributed by atoms with Crippen molar-refractivity contribution >= 4 is 17.6 Å². The minimum Gasteiger partial charge on any atom is -0.488 e. The van der Waals surface area contributed by atoms with Crippen molar-refractivity contribution in [2.24, 2.45) is 0 Å². The zero-order valence-corrected chi connectivity index (χ0v) is 18.5. The molecule has 1 aromatic heterocycles. The second-order valence-electron chi connectivity index (χ2n) is 7.66. The summed E-state index contributed by atoms with van der Waals surface area (Å²) in [5, 5.41) is 11.9. The maximum absolute atomic E-state index is 14.5. The molecule has 0 saturated carbocycles. The van der Waals surface area contributed by atoms with Gasteiger partial charge in [-0.3, -0.25) is 9.36 Å². The van der Waals surface area contributed by atoms with E-state index in [9.17, 15) is 18.8 Å². The first kappa shape index (κ1) is 23.7. The van der Waals surface area contributed by atoms with E-state index in [0.29, 0.717) is 11.0 Å². The Labute approximate surface area is 189 Å². The normalized spacial score (nSPS) is 11.8. The number of halogens is 1. The summed E-state index contributed by atoms with van der Waals surface area (Å²) in [7, 11) is 0. The number of anilines is 2. The van der Waals surface area contributed by atoms with Gasteiger partial charge in [0, 0.05) is 11.8 Å². The van der Waals surface area contributed by atoms with E-state index >= 15 is 0 Å². The highest BCUT2D eigenvalue weighted by Crippen LogP contribution is 2.24. The molecule has 10 heteroatoms. The van der Waals surface area contributed by atoms with Crippen LogP contribution in [-0.4, -0.2) is 31.3 Å². The van der Waals surface area contributed by atoms with Gasteiger partial charge in [-0.1, -0.05) is 36.8 Å². The van der Waals surface area contributed by atoms with Crippen LogP contribution in [0.4, 0.5) is 16.0 Å². The Hall–Kier alpha value is -3.95. The van der Waals surface area contributed by atoms with Crippen molar-refractivity contribution in [1.29, 1.82) is 0 Å². The zero-order valence-electron chi connectivity index (χ0n) is 18.5. The average Bonchev–Trinajstić information content (AvgIpc) is 2.76. The molecule has 2 aromatic carbocycles. The molecule has 0 fully saturated rings. The minimum absolute atomic E-state index is 0.0199. The van der Waals surface area contributed by atoms with Gasteiger partial charge in [-0.15, -0.1) is 0 Å². The Morgan fingerprint density at radius 1 is 1.18 bits per heavy atom. The second-order valence-corrected chi connectivity index (χ2v) is 7.66. The van der Waals surface area contributed by atoms with Gasteiger partial charge < -0.3 is 15.2 Å². The Kier molecular flexibility index (Phi) is 7.27. The molecule has 0 aliphatic carbocycles. The van der Waals surface area contributed by atoms with E-state index in [0.717, 1.165) is 15.7 Å². The van der Waals surface area contributed by atoms with Gasteiger partial charge in [-0.2, -0.15) is 4.98 Å². The predicted octanol–water partition coefficient (Wildman–Crippen LogP) is 2.91. The number of carboxylic acid groups (broad SMARTS) is 1. The molecule has 2 N–H and O–H groups in total. The molecule has 0 spiro atoms. The van der Waals surface area contributed by atoms with Gasteiger partial charge in [-0.05, 0) is 38.0 Å². The summed E-state index contributed by atoms with van der Waals surface area (Å²) in [6, 6.07) is 11.5. The molecule has 1 unspecified atom stereocenters. The van der Waals surface area contributed by atoms with Crippen molar-refractivity contribution in [3.63, 3.8) is 0 Å². The van der Waals surface area contributed by atoms with Gasteiger partial charge in [0.15, 0.2) is 11.6 Å². The number of aliphatic carboxylic acids is 1. The molecule has 0 radical (unpaired) electrons. The molecule has 1 heterocycles. The summed E-state index contributed by atoms with van der Waals surface area (Å²) in [6.07, 6.45) is 0.544. The van der Waals surface area contributed by atoms with Gasteiger partial charge in [0.2, 0.25) is 5.95 Å². The Morgan fingerprint density at radius 3 is 2.48 bits per heavy atom. The summed E-state index contributed by atoms with van der Waals surface area (Å²) in [6.45, 7) is 4.86. The Morgan fingerprint density at radius 2 is 1.88 bits per heavy atom. The lowest BCUT2D eigenvalue weighted by molar-refractivity contribution is -0.137. The van der Waals surface area contributed by atoms with E-state index in [4.69, 9.17) is 9.84 Å². The predicted molar refractivity (Wildman–Crippen MR) is 121 cm³/mol.